The Morgan fingerprint density at radius 3 is 2.54 bits per heavy atom. The van der Waals surface area contributed by atoms with Gasteiger partial charge in [0.2, 0.25) is 5.91 Å². The molecule has 28 heavy (non-hydrogen) atoms. The normalized spacial score (nSPS) is 13.7. The lowest BCUT2D eigenvalue weighted by Gasteiger charge is -2.14. The lowest BCUT2D eigenvalue weighted by Crippen LogP contribution is -2.20. The van der Waals surface area contributed by atoms with Gasteiger partial charge in [0.05, 0.1) is 5.69 Å². The first kappa shape index (κ1) is 20.0. The number of rotatable bonds is 6. The van der Waals surface area contributed by atoms with Crippen LogP contribution in [0.15, 0.2) is 42.5 Å². The minimum atomic E-state index is -4.52. The average Bonchev–Trinajstić information content (AvgIpc) is 3.45. The maximum atomic E-state index is 12.5. The van der Waals surface area contributed by atoms with E-state index in [-0.39, 0.29) is 33.8 Å². The average molecular weight is 413 g/mol. The topological polar surface area (TPSA) is 67.4 Å². The molecule has 2 amide bonds. The van der Waals surface area contributed by atoms with Crippen molar-refractivity contribution in [2.45, 2.75) is 19.0 Å². The van der Waals surface area contributed by atoms with Gasteiger partial charge in [0.15, 0.2) is 6.61 Å². The van der Waals surface area contributed by atoms with E-state index in [0.717, 1.165) is 12.8 Å². The van der Waals surface area contributed by atoms with Crippen molar-refractivity contribution in [3.05, 3.63) is 53.1 Å². The smallest absolute Gasteiger partial charge is 0.422 e. The fourth-order valence-corrected chi connectivity index (χ4v) is 2.58. The molecule has 2 N–H and O–H groups in total. The number of hydrogen-bond acceptors (Lipinski definition) is 3. The number of carbonyl (C=O) groups excluding carboxylic acids is 2. The van der Waals surface area contributed by atoms with Crippen molar-refractivity contribution in [1.82, 2.24) is 0 Å². The minimum absolute atomic E-state index is 0.00849. The number of anilines is 2. The van der Waals surface area contributed by atoms with Crippen LogP contribution in [0.5, 0.6) is 5.75 Å². The molecule has 0 radical (unpaired) electrons. The quantitative estimate of drug-likeness (QED) is 0.710. The molecular weight excluding hydrogens is 397 g/mol. The first-order valence-electron chi connectivity index (χ1n) is 8.43. The highest BCUT2D eigenvalue weighted by atomic mass is 35.5. The van der Waals surface area contributed by atoms with E-state index in [4.69, 9.17) is 16.3 Å². The summed E-state index contributed by atoms with van der Waals surface area (Å²) < 4.78 is 42.0. The maximum absolute atomic E-state index is 12.5. The highest BCUT2D eigenvalue weighted by Crippen LogP contribution is 2.31. The molecule has 5 nitrogen and oxygen atoms in total. The van der Waals surface area contributed by atoms with E-state index < -0.39 is 18.7 Å². The van der Waals surface area contributed by atoms with Gasteiger partial charge in [0.25, 0.3) is 5.91 Å². The molecule has 148 valence electrons. The van der Waals surface area contributed by atoms with E-state index in [1.807, 2.05) is 0 Å². The highest BCUT2D eigenvalue weighted by molar-refractivity contribution is 6.31. The van der Waals surface area contributed by atoms with Gasteiger partial charge in [-0.2, -0.15) is 13.2 Å². The van der Waals surface area contributed by atoms with Crippen molar-refractivity contribution in [1.29, 1.82) is 0 Å². The van der Waals surface area contributed by atoms with E-state index in [1.54, 1.807) is 12.1 Å². The second kappa shape index (κ2) is 8.10. The lowest BCUT2D eigenvalue weighted by atomic mass is 10.1. The van der Waals surface area contributed by atoms with Crippen molar-refractivity contribution < 1.29 is 27.5 Å². The number of alkyl halides is 3. The summed E-state index contributed by atoms with van der Waals surface area (Å²) in [6, 6.07) is 10.1. The molecule has 0 aromatic heterocycles. The van der Waals surface area contributed by atoms with E-state index in [2.05, 4.69) is 10.6 Å². The maximum Gasteiger partial charge on any atom is 0.422 e. The van der Waals surface area contributed by atoms with E-state index in [1.165, 1.54) is 30.3 Å². The standard InChI is InChI=1S/C19H16ClF3N2O3/c20-13-6-7-16(28-10-19(21,22)23)15(9-13)25-18(27)12-2-1-3-14(8-12)24-17(26)11-4-5-11/h1-3,6-9,11H,4-5,10H2,(H,24,26)(H,25,27). The number of benzene rings is 2. The Labute approximate surface area is 163 Å². The van der Waals surface area contributed by atoms with Gasteiger partial charge in [0, 0.05) is 22.2 Å². The van der Waals surface area contributed by atoms with Gasteiger partial charge in [-0.1, -0.05) is 17.7 Å². The molecule has 0 bridgehead atoms. The number of hydrogen-bond donors (Lipinski definition) is 2. The zero-order chi connectivity index (χ0) is 20.3. The summed E-state index contributed by atoms with van der Waals surface area (Å²) >= 11 is 5.88. The van der Waals surface area contributed by atoms with Crippen LogP contribution < -0.4 is 15.4 Å². The number of halogens is 4. The molecule has 1 fully saturated rings. The van der Waals surface area contributed by atoms with Gasteiger partial charge in [-0.15, -0.1) is 0 Å². The fraction of sp³-hybridized carbons (Fsp3) is 0.263. The summed E-state index contributed by atoms with van der Waals surface area (Å²) in [6.07, 6.45) is -2.82. The first-order valence-corrected chi connectivity index (χ1v) is 8.80. The zero-order valence-corrected chi connectivity index (χ0v) is 15.2. The van der Waals surface area contributed by atoms with Crippen LogP contribution in [-0.2, 0) is 4.79 Å². The Balaban J connectivity index is 1.73. The van der Waals surface area contributed by atoms with Crippen LogP contribution in [0, 0.1) is 5.92 Å². The molecular formula is C19H16ClF3N2O3. The van der Waals surface area contributed by atoms with Gasteiger partial charge in [-0.05, 0) is 49.2 Å². The van der Waals surface area contributed by atoms with Gasteiger partial charge < -0.3 is 15.4 Å². The summed E-state index contributed by atoms with van der Waals surface area (Å²) in [5, 5.41) is 5.44. The molecule has 3 rings (SSSR count). The molecule has 0 heterocycles. The molecule has 0 aliphatic heterocycles. The molecule has 2 aromatic rings. The third kappa shape index (κ3) is 5.63. The van der Waals surface area contributed by atoms with Crippen molar-refractivity contribution >= 4 is 34.8 Å². The Morgan fingerprint density at radius 2 is 1.86 bits per heavy atom. The molecule has 0 atom stereocenters. The van der Waals surface area contributed by atoms with E-state index >= 15 is 0 Å². The van der Waals surface area contributed by atoms with Crippen molar-refractivity contribution in [3.63, 3.8) is 0 Å². The Hall–Kier alpha value is -2.74. The van der Waals surface area contributed by atoms with Crippen molar-refractivity contribution in [2.24, 2.45) is 5.92 Å². The van der Waals surface area contributed by atoms with Gasteiger partial charge in [-0.3, -0.25) is 9.59 Å². The Bertz CT molecular complexity index is 898. The largest absolute Gasteiger partial charge is 0.482 e. The summed E-state index contributed by atoms with van der Waals surface area (Å²) in [5.41, 5.74) is 0.689. The zero-order valence-electron chi connectivity index (χ0n) is 14.5. The van der Waals surface area contributed by atoms with Gasteiger partial charge >= 0.3 is 6.18 Å². The second-order valence-corrected chi connectivity index (χ2v) is 6.78. The van der Waals surface area contributed by atoms with E-state index in [9.17, 15) is 22.8 Å². The van der Waals surface area contributed by atoms with Crippen molar-refractivity contribution in [2.75, 3.05) is 17.2 Å². The lowest BCUT2D eigenvalue weighted by molar-refractivity contribution is -0.153. The number of amides is 2. The van der Waals surface area contributed by atoms with E-state index in [0.29, 0.717) is 5.69 Å². The fourth-order valence-electron chi connectivity index (χ4n) is 2.41. The second-order valence-electron chi connectivity index (χ2n) is 6.34. The number of carbonyl (C=O) groups is 2. The predicted molar refractivity (Wildman–Crippen MR) is 98.8 cm³/mol. The van der Waals surface area contributed by atoms with Crippen LogP contribution in [-0.4, -0.2) is 24.6 Å². The molecule has 1 aliphatic carbocycles. The molecule has 1 aliphatic rings. The third-order valence-electron chi connectivity index (χ3n) is 3.92. The SMILES string of the molecule is O=C(Nc1cc(Cl)ccc1OCC(F)(F)F)c1cccc(NC(=O)C2CC2)c1. The summed E-state index contributed by atoms with van der Waals surface area (Å²) in [7, 11) is 0. The summed E-state index contributed by atoms with van der Waals surface area (Å²) in [5.74, 6) is -0.831. The number of nitrogens with one attached hydrogen (secondary N) is 2. The Morgan fingerprint density at radius 1 is 1.11 bits per heavy atom. The molecule has 0 spiro atoms. The molecule has 0 saturated heterocycles. The van der Waals surface area contributed by atoms with Crippen LogP contribution in [0.3, 0.4) is 0 Å². The van der Waals surface area contributed by atoms with Crippen LogP contribution in [0.1, 0.15) is 23.2 Å². The molecule has 1 saturated carbocycles. The molecule has 9 heteroatoms. The van der Waals surface area contributed by atoms with Gasteiger partial charge in [-0.25, -0.2) is 0 Å². The number of ether oxygens (including phenoxy) is 1. The van der Waals surface area contributed by atoms with Crippen LogP contribution in [0.4, 0.5) is 24.5 Å². The molecule has 0 unspecified atom stereocenters. The highest BCUT2D eigenvalue weighted by Gasteiger charge is 2.30. The van der Waals surface area contributed by atoms with Crippen LogP contribution in [0.25, 0.3) is 0 Å². The summed E-state index contributed by atoms with van der Waals surface area (Å²) in [6.45, 7) is -1.50. The van der Waals surface area contributed by atoms with Crippen molar-refractivity contribution in [3.8, 4) is 5.75 Å². The monoisotopic (exact) mass is 412 g/mol. The van der Waals surface area contributed by atoms with Crippen LogP contribution >= 0.6 is 11.6 Å². The Kier molecular flexibility index (Phi) is 5.79. The minimum Gasteiger partial charge on any atom is -0.482 e. The third-order valence-corrected chi connectivity index (χ3v) is 4.16. The van der Waals surface area contributed by atoms with Crippen LogP contribution in [0.2, 0.25) is 5.02 Å². The molecule has 2 aromatic carbocycles. The van der Waals surface area contributed by atoms with Gasteiger partial charge in [0.1, 0.15) is 5.75 Å². The summed E-state index contributed by atoms with van der Waals surface area (Å²) in [4.78, 5) is 24.4. The predicted octanol–water partition coefficient (Wildman–Crippen LogP) is 4.88. The first-order chi connectivity index (χ1) is 13.2.